The minimum absolute atomic E-state index is 0. The van der Waals surface area contributed by atoms with Crippen LogP contribution in [0.2, 0.25) is 0 Å². The Kier molecular flexibility index (Phi) is 11.7. The number of benzene rings is 3. The molecule has 4 aromatic rings. The Hall–Kier alpha value is -1.41. The molecule has 0 aliphatic rings. The Labute approximate surface area is 207 Å². The molecule has 0 saturated heterocycles. The number of rotatable bonds is 4. The van der Waals surface area contributed by atoms with Crippen LogP contribution in [0.5, 0.6) is 0 Å². The third kappa shape index (κ3) is 5.02. The van der Waals surface area contributed by atoms with E-state index in [1.807, 2.05) is 0 Å². The van der Waals surface area contributed by atoms with Gasteiger partial charge in [0.25, 0.3) is 0 Å². The van der Waals surface area contributed by atoms with Gasteiger partial charge in [-0.1, -0.05) is 97.9 Å². The molecule has 0 aliphatic heterocycles. The van der Waals surface area contributed by atoms with E-state index in [0.717, 1.165) is 0 Å². The summed E-state index contributed by atoms with van der Waals surface area (Å²) in [7, 11) is 0. The quantitative estimate of drug-likeness (QED) is 0.169. The second-order valence-electron chi connectivity index (χ2n) is 6.47. The predicted molar refractivity (Wildman–Crippen MR) is 105 cm³/mol. The number of aryl methyl sites for hydroxylation is 1. The summed E-state index contributed by atoms with van der Waals surface area (Å²) in [5.41, 5.74) is 6.23. The van der Waals surface area contributed by atoms with Gasteiger partial charge in [-0.2, -0.15) is 11.6 Å². The van der Waals surface area contributed by atoms with E-state index in [-0.39, 0.29) is 64.4 Å². The molecule has 0 aliphatic carbocycles. The van der Waals surface area contributed by atoms with Gasteiger partial charge in [-0.25, -0.2) is 12.1 Å². The van der Waals surface area contributed by atoms with Crippen LogP contribution in [0, 0.1) is 6.92 Å². The standard InChI is InChI=1S/C25H21.3ClH.Ti/c1-20-12-11-19-24(20)25(21-13-5-2-6-14-21,22-15-7-3-8-16-22)23-17-9-4-10-18-23;;;;/h2-19H,1H3;3*1H;/q-1;;;;+4/p-3. The second kappa shape index (κ2) is 12.3. The summed E-state index contributed by atoms with van der Waals surface area (Å²) in [5, 5.41) is 0. The Morgan fingerprint density at radius 3 is 1.14 bits per heavy atom. The summed E-state index contributed by atoms with van der Waals surface area (Å²) in [6.45, 7) is 2.21. The van der Waals surface area contributed by atoms with E-state index < -0.39 is 0 Å². The SMILES string of the molecule is Cc1ccc[c-]1C(c1ccccc1)(c1ccccc1)c1ccccc1.[Cl-].[Cl-].[Cl-].[Ti+4]. The average molecular weight is 476 g/mol. The number of halogens is 3. The molecule has 0 saturated carbocycles. The van der Waals surface area contributed by atoms with Gasteiger partial charge in [-0.05, 0) is 16.7 Å². The van der Waals surface area contributed by atoms with E-state index in [9.17, 15) is 0 Å². The average Bonchev–Trinajstić information content (AvgIpc) is 3.12. The molecule has 4 heteroatoms. The van der Waals surface area contributed by atoms with Crippen LogP contribution < -0.4 is 37.2 Å². The van der Waals surface area contributed by atoms with Crippen molar-refractivity contribution in [2.24, 2.45) is 0 Å². The monoisotopic (exact) mass is 474 g/mol. The Bertz CT molecular complexity index is 854. The predicted octanol–water partition coefficient (Wildman–Crippen LogP) is -2.89. The topological polar surface area (TPSA) is 0 Å². The molecule has 0 aromatic heterocycles. The molecular formula is C25H21Cl3Ti. The van der Waals surface area contributed by atoms with E-state index in [2.05, 4.69) is 116 Å². The minimum Gasteiger partial charge on any atom is -1.00 e. The van der Waals surface area contributed by atoms with Gasteiger partial charge < -0.3 is 37.2 Å². The molecule has 0 atom stereocenters. The maximum atomic E-state index is 2.27. The van der Waals surface area contributed by atoms with E-state index in [4.69, 9.17) is 0 Å². The molecule has 0 heterocycles. The van der Waals surface area contributed by atoms with Gasteiger partial charge in [0.15, 0.2) is 0 Å². The van der Waals surface area contributed by atoms with Gasteiger partial charge in [0, 0.05) is 5.41 Å². The zero-order valence-electron chi connectivity index (χ0n) is 16.0. The fourth-order valence-electron chi connectivity index (χ4n) is 3.96. The van der Waals surface area contributed by atoms with Gasteiger partial charge in [-0.15, -0.1) is 5.56 Å². The van der Waals surface area contributed by atoms with Gasteiger partial charge >= 0.3 is 21.7 Å². The molecule has 4 aromatic carbocycles. The van der Waals surface area contributed by atoms with Crippen molar-refractivity contribution in [2.75, 3.05) is 0 Å². The third-order valence-electron chi connectivity index (χ3n) is 5.06. The van der Waals surface area contributed by atoms with Crippen LogP contribution in [0.3, 0.4) is 0 Å². The smallest absolute Gasteiger partial charge is 1.00 e. The van der Waals surface area contributed by atoms with Crippen LogP contribution in [0.1, 0.15) is 27.8 Å². The van der Waals surface area contributed by atoms with Crippen LogP contribution in [-0.4, -0.2) is 0 Å². The Morgan fingerprint density at radius 2 is 0.862 bits per heavy atom. The molecule has 0 nitrogen and oxygen atoms in total. The Balaban J connectivity index is 0.00000196. The van der Waals surface area contributed by atoms with Crippen LogP contribution in [-0.2, 0) is 27.1 Å². The molecule has 0 bridgehead atoms. The molecule has 4 rings (SSSR count). The van der Waals surface area contributed by atoms with E-state index in [1.54, 1.807) is 0 Å². The first kappa shape index (κ1) is 27.6. The molecular weight excluding hydrogens is 455 g/mol. The normalized spacial score (nSPS) is 9.83. The first-order valence-corrected chi connectivity index (χ1v) is 8.73. The molecule has 0 amide bonds. The maximum Gasteiger partial charge on any atom is 4.00 e. The van der Waals surface area contributed by atoms with Crippen molar-refractivity contribution in [1.29, 1.82) is 0 Å². The molecule has 0 spiro atoms. The molecule has 29 heavy (non-hydrogen) atoms. The van der Waals surface area contributed by atoms with Gasteiger partial charge in [0.05, 0.1) is 0 Å². The maximum absolute atomic E-state index is 2.27. The molecule has 0 unspecified atom stereocenters. The molecule has 146 valence electrons. The van der Waals surface area contributed by atoms with Gasteiger partial charge in [-0.3, -0.25) is 0 Å². The van der Waals surface area contributed by atoms with Crippen molar-refractivity contribution in [3.8, 4) is 0 Å². The summed E-state index contributed by atoms with van der Waals surface area (Å²) in [6.07, 6.45) is 0. The van der Waals surface area contributed by atoms with Crippen LogP contribution in [0.25, 0.3) is 0 Å². The van der Waals surface area contributed by atoms with Crippen molar-refractivity contribution < 1.29 is 58.9 Å². The van der Waals surface area contributed by atoms with Gasteiger partial charge in [0.1, 0.15) is 0 Å². The van der Waals surface area contributed by atoms with Crippen molar-refractivity contribution in [1.82, 2.24) is 0 Å². The van der Waals surface area contributed by atoms with E-state index in [1.165, 1.54) is 27.8 Å². The minimum atomic E-state index is -0.308. The van der Waals surface area contributed by atoms with Gasteiger partial charge in [0.2, 0.25) is 0 Å². The zero-order chi connectivity index (χ0) is 17.1. The van der Waals surface area contributed by atoms with Crippen molar-refractivity contribution >= 4 is 0 Å². The van der Waals surface area contributed by atoms with Crippen LogP contribution in [0.15, 0.2) is 109 Å². The van der Waals surface area contributed by atoms with Crippen LogP contribution >= 0.6 is 0 Å². The summed E-state index contributed by atoms with van der Waals surface area (Å²) < 4.78 is 0. The van der Waals surface area contributed by atoms with Crippen molar-refractivity contribution in [2.45, 2.75) is 12.3 Å². The third-order valence-corrected chi connectivity index (χ3v) is 5.06. The van der Waals surface area contributed by atoms with E-state index >= 15 is 0 Å². The second-order valence-corrected chi connectivity index (χ2v) is 6.47. The summed E-state index contributed by atoms with van der Waals surface area (Å²) in [5.74, 6) is 0. The van der Waals surface area contributed by atoms with E-state index in [0.29, 0.717) is 0 Å². The molecule has 0 radical (unpaired) electrons. The molecule has 0 N–H and O–H groups in total. The Morgan fingerprint density at radius 1 is 0.517 bits per heavy atom. The van der Waals surface area contributed by atoms with Crippen molar-refractivity contribution in [3.05, 3.63) is 137 Å². The van der Waals surface area contributed by atoms with Crippen LogP contribution in [0.4, 0.5) is 0 Å². The fraction of sp³-hybridized carbons (Fsp3) is 0.0800. The molecule has 0 fully saturated rings. The number of hydrogen-bond donors (Lipinski definition) is 0. The first-order chi connectivity index (χ1) is 12.3. The fourth-order valence-corrected chi connectivity index (χ4v) is 3.96. The summed E-state index contributed by atoms with van der Waals surface area (Å²) in [4.78, 5) is 0. The largest absolute Gasteiger partial charge is 4.00 e. The van der Waals surface area contributed by atoms with Crippen molar-refractivity contribution in [3.63, 3.8) is 0 Å². The first-order valence-electron chi connectivity index (χ1n) is 8.73. The number of hydrogen-bond acceptors (Lipinski definition) is 0. The summed E-state index contributed by atoms with van der Waals surface area (Å²) >= 11 is 0. The summed E-state index contributed by atoms with van der Waals surface area (Å²) in [6, 6.07) is 39.1. The zero-order valence-corrected chi connectivity index (χ0v) is 19.9.